The van der Waals surface area contributed by atoms with E-state index < -0.39 is 23.5 Å². The van der Waals surface area contributed by atoms with Gasteiger partial charge in [-0.2, -0.15) is 0 Å². The van der Waals surface area contributed by atoms with E-state index in [-0.39, 0.29) is 23.1 Å². The van der Waals surface area contributed by atoms with Crippen LogP contribution in [0.3, 0.4) is 0 Å². The molecule has 2 aromatic rings. The Hall–Kier alpha value is -2.24. The SMILES string of the molecule is CCOC(=O)c1c(O)nc2cc(F)c(F)cc2c1C. The Morgan fingerprint density at radius 2 is 2.00 bits per heavy atom. The number of rotatable bonds is 2. The Morgan fingerprint density at radius 1 is 1.37 bits per heavy atom. The van der Waals surface area contributed by atoms with E-state index in [0.717, 1.165) is 12.1 Å². The molecule has 0 radical (unpaired) electrons. The molecule has 1 heterocycles. The fourth-order valence-corrected chi connectivity index (χ4v) is 1.85. The topological polar surface area (TPSA) is 59.4 Å². The van der Waals surface area contributed by atoms with Crippen LogP contribution in [0, 0.1) is 18.6 Å². The van der Waals surface area contributed by atoms with Gasteiger partial charge in [-0.3, -0.25) is 0 Å². The number of halogens is 2. The van der Waals surface area contributed by atoms with Crippen molar-refractivity contribution in [1.29, 1.82) is 0 Å². The van der Waals surface area contributed by atoms with Crippen molar-refractivity contribution in [2.75, 3.05) is 6.61 Å². The first-order valence-electron chi connectivity index (χ1n) is 5.61. The summed E-state index contributed by atoms with van der Waals surface area (Å²) in [5, 5.41) is 9.97. The molecule has 0 fully saturated rings. The van der Waals surface area contributed by atoms with E-state index in [4.69, 9.17) is 4.74 Å². The van der Waals surface area contributed by atoms with Crippen molar-refractivity contribution in [3.63, 3.8) is 0 Å². The molecule has 6 heteroatoms. The Kier molecular flexibility index (Phi) is 3.33. The summed E-state index contributed by atoms with van der Waals surface area (Å²) in [6.07, 6.45) is 0. The normalized spacial score (nSPS) is 10.7. The van der Waals surface area contributed by atoms with Gasteiger partial charge in [0.15, 0.2) is 11.6 Å². The highest BCUT2D eigenvalue weighted by Gasteiger charge is 2.20. The van der Waals surface area contributed by atoms with Crippen LogP contribution in [0.15, 0.2) is 12.1 Å². The second-order valence-electron chi connectivity index (χ2n) is 3.94. The predicted molar refractivity (Wildman–Crippen MR) is 64.0 cm³/mol. The van der Waals surface area contributed by atoms with E-state index in [9.17, 15) is 18.7 Å². The number of carbonyl (C=O) groups excluding carboxylic acids is 1. The molecule has 0 saturated carbocycles. The van der Waals surface area contributed by atoms with E-state index in [1.165, 1.54) is 6.92 Å². The number of carbonyl (C=O) groups is 1. The third-order valence-electron chi connectivity index (χ3n) is 2.75. The van der Waals surface area contributed by atoms with Crippen molar-refractivity contribution in [3.8, 4) is 5.88 Å². The van der Waals surface area contributed by atoms with Gasteiger partial charge in [-0.05, 0) is 25.5 Å². The van der Waals surface area contributed by atoms with E-state index in [0.29, 0.717) is 5.56 Å². The first-order chi connectivity index (χ1) is 8.95. The lowest BCUT2D eigenvalue weighted by Gasteiger charge is -2.10. The number of hydrogen-bond acceptors (Lipinski definition) is 4. The molecule has 2 rings (SSSR count). The number of aromatic nitrogens is 1. The standard InChI is InChI=1S/C13H11F2NO3/c1-3-19-13(18)11-6(2)7-4-8(14)9(15)5-10(7)16-12(11)17/h4-5H,3H2,1-2H3,(H,16,17). The molecule has 0 spiro atoms. The molecule has 0 aliphatic rings. The minimum atomic E-state index is -1.07. The predicted octanol–water partition coefficient (Wildman–Crippen LogP) is 2.70. The van der Waals surface area contributed by atoms with Crippen LogP contribution in [0.1, 0.15) is 22.8 Å². The molecule has 0 atom stereocenters. The van der Waals surface area contributed by atoms with Crippen molar-refractivity contribution in [2.45, 2.75) is 13.8 Å². The zero-order valence-corrected chi connectivity index (χ0v) is 10.3. The number of esters is 1. The van der Waals surface area contributed by atoms with Crippen molar-refractivity contribution in [1.82, 2.24) is 4.98 Å². The molecule has 0 saturated heterocycles. The first kappa shape index (κ1) is 13.2. The molecule has 19 heavy (non-hydrogen) atoms. The van der Waals surface area contributed by atoms with Gasteiger partial charge in [-0.15, -0.1) is 0 Å². The van der Waals surface area contributed by atoms with Gasteiger partial charge in [-0.25, -0.2) is 18.6 Å². The van der Waals surface area contributed by atoms with Crippen LogP contribution >= 0.6 is 0 Å². The van der Waals surface area contributed by atoms with Gasteiger partial charge >= 0.3 is 5.97 Å². The van der Waals surface area contributed by atoms with Crippen molar-refractivity contribution < 1.29 is 23.4 Å². The Labute approximate surface area is 107 Å². The third-order valence-corrected chi connectivity index (χ3v) is 2.75. The van der Waals surface area contributed by atoms with Crippen LogP contribution in [0.4, 0.5) is 8.78 Å². The van der Waals surface area contributed by atoms with E-state index >= 15 is 0 Å². The van der Waals surface area contributed by atoms with Gasteiger partial charge in [0, 0.05) is 11.5 Å². The Balaban J connectivity index is 2.74. The number of ether oxygens (including phenoxy) is 1. The molecular weight excluding hydrogens is 256 g/mol. The smallest absolute Gasteiger partial charge is 0.343 e. The van der Waals surface area contributed by atoms with Crippen LogP contribution in [0.5, 0.6) is 5.88 Å². The van der Waals surface area contributed by atoms with Crippen molar-refractivity contribution in [2.24, 2.45) is 0 Å². The molecule has 0 unspecified atom stereocenters. The Bertz CT molecular complexity index is 671. The van der Waals surface area contributed by atoms with E-state index in [1.54, 1.807) is 6.92 Å². The van der Waals surface area contributed by atoms with Crippen LogP contribution in [0.2, 0.25) is 0 Å². The molecular formula is C13H11F2NO3. The highest BCUT2D eigenvalue weighted by molar-refractivity contribution is 5.99. The maximum Gasteiger partial charge on any atom is 0.343 e. The number of benzene rings is 1. The summed E-state index contributed by atoms with van der Waals surface area (Å²) in [6.45, 7) is 3.26. The van der Waals surface area contributed by atoms with Crippen LogP contribution < -0.4 is 0 Å². The van der Waals surface area contributed by atoms with Gasteiger partial charge in [0.25, 0.3) is 0 Å². The minimum absolute atomic E-state index is 0.0712. The molecule has 1 aromatic heterocycles. The van der Waals surface area contributed by atoms with Crippen LogP contribution in [-0.4, -0.2) is 22.7 Å². The number of fused-ring (bicyclic) bond motifs is 1. The zero-order chi connectivity index (χ0) is 14.2. The van der Waals surface area contributed by atoms with E-state index in [2.05, 4.69) is 4.98 Å². The summed E-state index contributed by atoms with van der Waals surface area (Å²) in [5.41, 5.74) is 0.224. The fraction of sp³-hybridized carbons (Fsp3) is 0.231. The monoisotopic (exact) mass is 267 g/mol. The van der Waals surface area contributed by atoms with Crippen LogP contribution in [-0.2, 0) is 4.74 Å². The minimum Gasteiger partial charge on any atom is -0.493 e. The first-order valence-corrected chi connectivity index (χ1v) is 5.61. The van der Waals surface area contributed by atoms with Crippen molar-refractivity contribution in [3.05, 3.63) is 34.9 Å². The summed E-state index contributed by atoms with van der Waals surface area (Å²) in [6, 6.07) is 1.81. The lowest BCUT2D eigenvalue weighted by Crippen LogP contribution is -2.08. The summed E-state index contributed by atoms with van der Waals surface area (Å²) in [5.74, 6) is -3.42. The summed E-state index contributed by atoms with van der Waals surface area (Å²) in [4.78, 5) is 15.4. The lowest BCUT2D eigenvalue weighted by atomic mass is 10.0. The Morgan fingerprint density at radius 3 is 2.63 bits per heavy atom. The average molecular weight is 267 g/mol. The number of hydrogen-bond donors (Lipinski definition) is 1. The van der Waals surface area contributed by atoms with Gasteiger partial charge < -0.3 is 9.84 Å². The number of aryl methyl sites for hydroxylation is 1. The third kappa shape index (κ3) is 2.21. The average Bonchev–Trinajstić information content (AvgIpc) is 2.32. The number of nitrogens with zero attached hydrogens (tertiary/aromatic N) is 1. The highest BCUT2D eigenvalue weighted by Crippen LogP contribution is 2.28. The van der Waals surface area contributed by atoms with Gasteiger partial charge in [-0.1, -0.05) is 0 Å². The lowest BCUT2D eigenvalue weighted by molar-refractivity contribution is 0.0521. The molecule has 1 N–H and O–H groups in total. The molecule has 4 nitrogen and oxygen atoms in total. The summed E-state index contributed by atoms with van der Waals surface area (Å²) >= 11 is 0. The number of aromatic hydroxyl groups is 1. The highest BCUT2D eigenvalue weighted by atomic mass is 19.2. The second-order valence-corrected chi connectivity index (χ2v) is 3.94. The second kappa shape index (κ2) is 4.79. The molecule has 1 aromatic carbocycles. The maximum absolute atomic E-state index is 13.2. The van der Waals surface area contributed by atoms with Gasteiger partial charge in [0.1, 0.15) is 5.56 Å². The quantitative estimate of drug-likeness (QED) is 0.850. The fourth-order valence-electron chi connectivity index (χ4n) is 1.85. The van der Waals surface area contributed by atoms with E-state index in [1.807, 2.05) is 0 Å². The zero-order valence-electron chi connectivity index (χ0n) is 10.3. The number of pyridine rings is 1. The van der Waals surface area contributed by atoms with Gasteiger partial charge in [0.2, 0.25) is 5.88 Å². The molecule has 0 bridgehead atoms. The van der Waals surface area contributed by atoms with Gasteiger partial charge in [0.05, 0.1) is 12.1 Å². The molecule has 100 valence electrons. The molecule has 0 aliphatic heterocycles. The molecule has 0 aliphatic carbocycles. The largest absolute Gasteiger partial charge is 0.493 e. The maximum atomic E-state index is 13.2. The van der Waals surface area contributed by atoms with Crippen LogP contribution in [0.25, 0.3) is 10.9 Å². The van der Waals surface area contributed by atoms with Crippen molar-refractivity contribution >= 4 is 16.9 Å². The molecule has 0 amide bonds. The summed E-state index contributed by atoms with van der Waals surface area (Å²) < 4.78 is 31.1. The summed E-state index contributed by atoms with van der Waals surface area (Å²) in [7, 11) is 0.